The number of nitrogens with zero attached hydrogens (tertiary/aromatic N) is 2. The maximum atomic E-state index is 12.9. The Morgan fingerprint density at radius 3 is 2.59 bits per heavy atom. The van der Waals surface area contributed by atoms with E-state index in [2.05, 4.69) is 43.1 Å². The highest BCUT2D eigenvalue weighted by Gasteiger charge is 2.23. The number of para-hydroxylation sites is 1. The molecule has 0 aliphatic carbocycles. The number of fused-ring (bicyclic) bond motifs is 1. The SMILES string of the molecule is Cc1cccc(C(=O)N2CCN(C)c3ccccc3C2)c1C. The van der Waals surface area contributed by atoms with E-state index in [-0.39, 0.29) is 5.91 Å². The molecular formula is C19H22N2O. The van der Waals surface area contributed by atoms with Crippen LogP contribution in [-0.2, 0) is 6.54 Å². The van der Waals surface area contributed by atoms with Crippen molar-refractivity contribution in [1.82, 2.24) is 4.90 Å². The molecule has 1 heterocycles. The number of aryl methyl sites for hydroxylation is 1. The van der Waals surface area contributed by atoms with E-state index in [1.165, 1.54) is 11.3 Å². The van der Waals surface area contributed by atoms with E-state index >= 15 is 0 Å². The molecule has 2 aromatic carbocycles. The third-order valence-corrected chi connectivity index (χ3v) is 4.59. The van der Waals surface area contributed by atoms with Crippen molar-refractivity contribution in [3.8, 4) is 0 Å². The Hall–Kier alpha value is -2.29. The van der Waals surface area contributed by atoms with Crippen molar-refractivity contribution in [2.45, 2.75) is 20.4 Å². The van der Waals surface area contributed by atoms with Crippen LogP contribution >= 0.6 is 0 Å². The van der Waals surface area contributed by atoms with Crippen LogP contribution < -0.4 is 4.90 Å². The van der Waals surface area contributed by atoms with Crippen molar-refractivity contribution in [2.24, 2.45) is 0 Å². The molecule has 0 N–H and O–H groups in total. The van der Waals surface area contributed by atoms with Crippen molar-refractivity contribution in [3.63, 3.8) is 0 Å². The van der Waals surface area contributed by atoms with Gasteiger partial charge in [-0.3, -0.25) is 4.79 Å². The largest absolute Gasteiger partial charge is 0.373 e. The summed E-state index contributed by atoms with van der Waals surface area (Å²) in [6.07, 6.45) is 0. The molecule has 0 unspecified atom stereocenters. The molecule has 1 amide bonds. The lowest BCUT2D eigenvalue weighted by Crippen LogP contribution is -2.34. The molecule has 0 fully saturated rings. The predicted octanol–water partition coefficient (Wildman–Crippen LogP) is 3.40. The van der Waals surface area contributed by atoms with Gasteiger partial charge in [0.15, 0.2) is 0 Å². The zero-order valence-corrected chi connectivity index (χ0v) is 13.5. The molecular weight excluding hydrogens is 272 g/mol. The van der Waals surface area contributed by atoms with Gasteiger partial charge >= 0.3 is 0 Å². The number of amides is 1. The highest BCUT2D eigenvalue weighted by molar-refractivity contribution is 5.96. The highest BCUT2D eigenvalue weighted by atomic mass is 16.2. The zero-order valence-electron chi connectivity index (χ0n) is 13.5. The van der Waals surface area contributed by atoms with Crippen LogP contribution in [0.2, 0.25) is 0 Å². The zero-order chi connectivity index (χ0) is 15.7. The molecule has 1 aliphatic rings. The summed E-state index contributed by atoms with van der Waals surface area (Å²) in [5.74, 6) is 0.131. The maximum absolute atomic E-state index is 12.9. The van der Waals surface area contributed by atoms with Crippen molar-refractivity contribution < 1.29 is 4.79 Å². The van der Waals surface area contributed by atoms with Gasteiger partial charge in [0.2, 0.25) is 0 Å². The highest BCUT2D eigenvalue weighted by Crippen LogP contribution is 2.25. The number of rotatable bonds is 1. The van der Waals surface area contributed by atoms with Gasteiger partial charge in [0.1, 0.15) is 0 Å². The fourth-order valence-corrected chi connectivity index (χ4v) is 3.02. The molecule has 0 aromatic heterocycles. The normalized spacial score (nSPS) is 14.5. The van der Waals surface area contributed by atoms with Crippen LogP contribution in [0.25, 0.3) is 0 Å². The molecule has 22 heavy (non-hydrogen) atoms. The number of likely N-dealkylation sites (N-methyl/N-ethyl adjacent to an activating group) is 1. The first kappa shape index (κ1) is 14.6. The summed E-state index contributed by atoms with van der Waals surface area (Å²) in [4.78, 5) is 17.1. The second-order valence-electron chi connectivity index (χ2n) is 6.02. The Morgan fingerprint density at radius 2 is 1.77 bits per heavy atom. The maximum Gasteiger partial charge on any atom is 0.254 e. The number of carbonyl (C=O) groups excluding carboxylic acids is 1. The van der Waals surface area contributed by atoms with Gasteiger partial charge in [0.05, 0.1) is 0 Å². The Balaban J connectivity index is 1.93. The van der Waals surface area contributed by atoms with Crippen LogP contribution in [-0.4, -0.2) is 30.9 Å². The summed E-state index contributed by atoms with van der Waals surface area (Å²) < 4.78 is 0. The third-order valence-electron chi connectivity index (χ3n) is 4.59. The van der Waals surface area contributed by atoms with E-state index in [9.17, 15) is 4.79 Å². The predicted molar refractivity (Wildman–Crippen MR) is 90.4 cm³/mol. The molecule has 0 atom stereocenters. The minimum absolute atomic E-state index is 0.131. The second kappa shape index (κ2) is 5.84. The molecule has 0 radical (unpaired) electrons. The third kappa shape index (κ3) is 2.59. The lowest BCUT2D eigenvalue weighted by Gasteiger charge is -2.22. The first-order chi connectivity index (χ1) is 10.6. The summed E-state index contributed by atoms with van der Waals surface area (Å²) in [7, 11) is 2.09. The van der Waals surface area contributed by atoms with Gasteiger partial charge in [-0.25, -0.2) is 0 Å². The minimum Gasteiger partial charge on any atom is -0.373 e. The molecule has 3 heteroatoms. The van der Waals surface area contributed by atoms with Gasteiger partial charge in [0.25, 0.3) is 5.91 Å². The van der Waals surface area contributed by atoms with Crippen LogP contribution in [0.15, 0.2) is 42.5 Å². The molecule has 0 bridgehead atoms. The minimum atomic E-state index is 0.131. The van der Waals surface area contributed by atoms with Crippen molar-refractivity contribution in [2.75, 3.05) is 25.0 Å². The van der Waals surface area contributed by atoms with Gasteiger partial charge in [-0.15, -0.1) is 0 Å². The summed E-state index contributed by atoms with van der Waals surface area (Å²) in [6, 6.07) is 14.3. The van der Waals surface area contributed by atoms with Crippen LogP contribution in [0.4, 0.5) is 5.69 Å². The van der Waals surface area contributed by atoms with Gasteiger partial charge in [0, 0.05) is 37.9 Å². The summed E-state index contributed by atoms with van der Waals surface area (Å²) in [6.45, 7) is 6.36. The van der Waals surface area contributed by atoms with Gasteiger partial charge in [-0.1, -0.05) is 30.3 Å². The Morgan fingerprint density at radius 1 is 1.00 bits per heavy atom. The number of carbonyl (C=O) groups is 1. The molecule has 2 aromatic rings. The monoisotopic (exact) mass is 294 g/mol. The van der Waals surface area contributed by atoms with E-state index in [1.54, 1.807) is 0 Å². The van der Waals surface area contributed by atoms with Crippen molar-refractivity contribution in [3.05, 3.63) is 64.7 Å². The van der Waals surface area contributed by atoms with Crippen molar-refractivity contribution >= 4 is 11.6 Å². The van der Waals surface area contributed by atoms with E-state index in [4.69, 9.17) is 0 Å². The van der Waals surface area contributed by atoms with Crippen LogP contribution in [0.5, 0.6) is 0 Å². The van der Waals surface area contributed by atoms with Gasteiger partial charge < -0.3 is 9.80 Å². The molecule has 3 rings (SSSR count). The molecule has 0 saturated carbocycles. The summed E-state index contributed by atoms with van der Waals surface area (Å²) in [5.41, 5.74) is 5.50. The topological polar surface area (TPSA) is 23.6 Å². The Bertz CT molecular complexity index is 708. The standard InChI is InChI=1S/C19H22N2O/c1-14-7-6-9-17(15(14)2)19(22)21-12-11-20(3)18-10-5-4-8-16(18)13-21/h4-10H,11-13H2,1-3H3. The molecule has 3 nitrogen and oxygen atoms in total. The lowest BCUT2D eigenvalue weighted by molar-refractivity contribution is 0.0751. The van der Waals surface area contributed by atoms with E-state index in [1.807, 2.05) is 30.0 Å². The van der Waals surface area contributed by atoms with Gasteiger partial charge in [-0.05, 0) is 42.7 Å². The second-order valence-corrected chi connectivity index (χ2v) is 6.02. The Labute approximate surface area is 132 Å². The number of benzene rings is 2. The van der Waals surface area contributed by atoms with E-state index < -0.39 is 0 Å². The molecule has 1 aliphatic heterocycles. The first-order valence-corrected chi connectivity index (χ1v) is 7.72. The lowest BCUT2D eigenvalue weighted by atomic mass is 10.0. The fourth-order valence-electron chi connectivity index (χ4n) is 3.02. The van der Waals surface area contributed by atoms with Gasteiger partial charge in [-0.2, -0.15) is 0 Å². The molecule has 0 saturated heterocycles. The number of hydrogen-bond acceptors (Lipinski definition) is 2. The smallest absolute Gasteiger partial charge is 0.254 e. The van der Waals surface area contributed by atoms with Crippen molar-refractivity contribution in [1.29, 1.82) is 0 Å². The van der Waals surface area contributed by atoms with Crippen LogP contribution in [0.3, 0.4) is 0 Å². The van der Waals surface area contributed by atoms with E-state index in [0.29, 0.717) is 6.54 Å². The molecule has 114 valence electrons. The molecule has 0 spiro atoms. The summed E-state index contributed by atoms with van der Waals surface area (Å²) >= 11 is 0. The average Bonchev–Trinajstić information content (AvgIpc) is 2.69. The first-order valence-electron chi connectivity index (χ1n) is 7.72. The number of anilines is 1. The summed E-state index contributed by atoms with van der Waals surface area (Å²) in [5, 5.41) is 0. The Kier molecular flexibility index (Phi) is 3.88. The van der Waals surface area contributed by atoms with Crippen LogP contribution in [0, 0.1) is 13.8 Å². The quantitative estimate of drug-likeness (QED) is 0.805. The fraction of sp³-hybridized carbons (Fsp3) is 0.316. The average molecular weight is 294 g/mol. The van der Waals surface area contributed by atoms with Crippen LogP contribution in [0.1, 0.15) is 27.0 Å². The van der Waals surface area contributed by atoms with E-state index in [0.717, 1.165) is 29.8 Å². The number of hydrogen-bond donors (Lipinski definition) is 0.